The van der Waals surface area contributed by atoms with E-state index in [2.05, 4.69) is 69.4 Å². The van der Waals surface area contributed by atoms with E-state index < -0.39 is 6.10 Å². The van der Waals surface area contributed by atoms with Crippen LogP contribution < -0.4 is 0 Å². The molecule has 0 bridgehead atoms. The van der Waals surface area contributed by atoms with Gasteiger partial charge in [0.2, 0.25) is 0 Å². The summed E-state index contributed by atoms with van der Waals surface area (Å²) in [6, 6.07) is 0. The van der Waals surface area contributed by atoms with Crippen LogP contribution in [0.5, 0.6) is 0 Å². The van der Waals surface area contributed by atoms with Gasteiger partial charge in [0.1, 0.15) is 13.2 Å². The molecule has 0 heterocycles. The first kappa shape index (κ1) is 61.4. The summed E-state index contributed by atoms with van der Waals surface area (Å²) in [5.74, 6) is -0.911. The molecule has 0 aromatic carbocycles. The van der Waals surface area contributed by atoms with Crippen LogP contribution in [0.4, 0.5) is 0 Å². The van der Waals surface area contributed by atoms with E-state index in [0.717, 1.165) is 96.3 Å². The lowest BCUT2D eigenvalue weighted by Gasteiger charge is -2.18. The molecular formula is C58H104O6. The van der Waals surface area contributed by atoms with Crippen molar-refractivity contribution in [1.82, 2.24) is 0 Å². The third-order valence-corrected chi connectivity index (χ3v) is 12.1. The van der Waals surface area contributed by atoms with Crippen LogP contribution in [0.25, 0.3) is 0 Å². The molecule has 6 heteroatoms. The highest BCUT2D eigenvalue weighted by Gasteiger charge is 2.19. The summed E-state index contributed by atoms with van der Waals surface area (Å²) in [5.41, 5.74) is 0. The smallest absolute Gasteiger partial charge is 0.306 e. The van der Waals surface area contributed by atoms with Crippen molar-refractivity contribution in [2.75, 3.05) is 13.2 Å². The van der Waals surface area contributed by atoms with Gasteiger partial charge in [0.05, 0.1) is 0 Å². The lowest BCUT2D eigenvalue weighted by Crippen LogP contribution is -2.30. The highest BCUT2D eigenvalue weighted by Crippen LogP contribution is 2.16. The molecule has 0 saturated heterocycles. The van der Waals surface area contributed by atoms with Crippen LogP contribution in [0.1, 0.15) is 284 Å². The van der Waals surface area contributed by atoms with E-state index in [4.69, 9.17) is 14.2 Å². The van der Waals surface area contributed by atoms with E-state index in [1.807, 2.05) is 0 Å². The van der Waals surface area contributed by atoms with Crippen molar-refractivity contribution < 1.29 is 28.6 Å². The van der Waals surface area contributed by atoms with Gasteiger partial charge in [-0.05, 0) is 77.0 Å². The maximum Gasteiger partial charge on any atom is 0.306 e. The molecular weight excluding hydrogens is 793 g/mol. The van der Waals surface area contributed by atoms with Crippen LogP contribution in [-0.4, -0.2) is 37.2 Å². The van der Waals surface area contributed by atoms with Gasteiger partial charge < -0.3 is 14.2 Å². The molecule has 1 unspecified atom stereocenters. The monoisotopic (exact) mass is 897 g/mol. The number of allylic oxidation sites excluding steroid dienone is 8. The van der Waals surface area contributed by atoms with E-state index in [-0.39, 0.29) is 31.1 Å². The lowest BCUT2D eigenvalue weighted by molar-refractivity contribution is -0.167. The highest BCUT2D eigenvalue weighted by atomic mass is 16.6. The average Bonchev–Trinajstić information content (AvgIpc) is 3.29. The molecule has 0 amide bonds. The Morgan fingerprint density at radius 2 is 0.609 bits per heavy atom. The summed E-state index contributed by atoms with van der Waals surface area (Å²) < 4.78 is 16.8. The molecule has 1 atom stereocenters. The van der Waals surface area contributed by atoms with Gasteiger partial charge in [0.25, 0.3) is 0 Å². The molecule has 0 fully saturated rings. The largest absolute Gasteiger partial charge is 0.462 e. The normalized spacial score (nSPS) is 12.4. The standard InChI is InChI=1S/C58H104O6/c1-4-7-10-13-16-19-22-25-27-28-29-30-31-34-36-39-42-45-48-51-57(60)63-54-55(53-62-56(59)50-47-44-41-38-35-32-24-21-18-15-12-9-6-3)64-58(61)52-49-46-43-40-37-33-26-23-20-17-14-11-8-5-2/h9,12,18,21,23,26,32,35,55H,4-8,10-11,13-17,19-20,22,24-25,27-31,33-34,36-54H2,1-3H3/b12-9-,21-18-,26-23-,35-32-. The Morgan fingerprint density at radius 3 is 0.984 bits per heavy atom. The zero-order valence-corrected chi connectivity index (χ0v) is 42.6. The molecule has 0 aromatic heterocycles. The molecule has 6 nitrogen and oxygen atoms in total. The van der Waals surface area contributed by atoms with Gasteiger partial charge in [0, 0.05) is 19.3 Å². The zero-order valence-electron chi connectivity index (χ0n) is 42.6. The predicted octanol–water partition coefficient (Wildman–Crippen LogP) is 18.3. The summed E-state index contributed by atoms with van der Waals surface area (Å²) in [5, 5.41) is 0. The van der Waals surface area contributed by atoms with Crippen molar-refractivity contribution in [3.63, 3.8) is 0 Å². The summed E-state index contributed by atoms with van der Waals surface area (Å²) >= 11 is 0. The minimum absolute atomic E-state index is 0.0831. The summed E-state index contributed by atoms with van der Waals surface area (Å²) in [6.45, 7) is 6.51. The Balaban J connectivity index is 4.34. The SMILES string of the molecule is CC/C=C\C/C=C\C/C=C\CCCCCC(=O)OCC(COC(=O)CCCCCCCCCCCCCCCCCCCCC)OC(=O)CCCCCCC/C=C\CCCCCCC. The number of rotatable bonds is 50. The molecule has 0 rings (SSSR count). The number of carbonyl (C=O) groups is 3. The molecule has 0 aromatic rings. The van der Waals surface area contributed by atoms with E-state index in [1.165, 1.54) is 148 Å². The van der Waals surface area contributed by atoms with Gasteiger partial charge in [-0.3, -0.25) is 14.4 Å². The minimum Gasteiger partial charge on any atom is -0.462 e. The Labute approximate surface area is 397 Å². The number of hydrogen-bond acceptors (Lipinski definition) is 6. The third-order valence-electron chi connectivity index (χ3n) is 12.1. The first-order valence-electron chi connectivity index (χ1n) is 27.6. The quantitative estimate of drug-likeness (QED) is 0.0262. The molecule has 0 aliphatic rings. The first-order valence-corrected chi connectivity index (χ1v) is 27.6. The first-order chi connectivity index (χ1) is 31.5. The van der Waals surface area contributed by atoms with Gasteiger partial charge in [-0.25, -0.2) is 0 Å². The fourth-order valence-electron chi connectivity index (χ4n) is 7.92. The second-order valence-electron chi connectivity index (χ2n) is 18.5. The number of hydrogen-bond donors (Lipinski definition) is 0. The Kier molecular flexibility index (Phi) is 50.8. The highest BCUT2D eigenvalue weighted by molar-refractivity contribution is 5.71. The topological polar surface area (TPSA) is 78.9 Å². The predicted molar refractivity (Wildman–Crippen MR) is 275 cm³/mol. The van der Waals surface area contributed by atoms with E-state index >= 15 is 0 Å². The van der Waals surface area contributed by atoms with Gasteiger partial charge >= 0.3 is 17.9 Å². The van der Waals surface area contributed by atoms with E-state index in [9.17, 15) is 14.4 Å². The van der Waals surface area contributed by atoms with Crippen LogP contribution >= 0.6 is 0 Å². The van der Waals surface area contributed by atoms with Crippen molar-refractivity contribution in [3.8, 4) is 0 Å². The number of unbranched alkanes of at least 4 members (excludes halogenated alkanes) is 31. The number of carbonyl (C=O) groups excluding carboxylic acids is 3. The molecule has 0 saturated carbocycles. The third kappa shape index (κ3) is 50.4. The lowest BCUT2D eigenvalue weighted by atomic mass is 10.0. The van der Waals surface area contributed by atoms with Crippen molar-refractivity contribution in [2.45, 2.75) is 290 Å². The van der Waals surface area contributed by atoms with Crippen LogP contribution in [0.3, 0.4) is 0 Å². The average molecular weight is 897 g/mol. The van der Waals surface area contributed by atoms with Crippen LogP contribution in [-0.2, 0) is 28.6 Å². The Bertz CT molecular complexity index is 1120. The van der Waals surface area contributed by atoms with Gasteiger partial charge in [-0.15, -0.1) is 0 Å². The second kappa shape index (κ2) is 53.0. The Morgan fingerprint density at radius 1 is 0.328 bits per heavy atom. The fourth-order valence-corrected chi connectivity index (χ4v) is 7.92. The second-order valence-corrected chi connectivity index (χ2v) is 18.5. The number of ether oxygens (including phenoxy) is 3. The Hall–Kier alpha value is -2.63. The molecule has 64 heavy (non-hydrogen) atoms. The van der Waals surface area contributed by atoms with Crippen molar-refractivity contribution in [1.29, 1.82) is 0 Å². The molecule has 0 aliphatic carbocycles. The van der Waals surface area contributed by atoms with Gasteiger partial charge in [0.15, 0.2) is 6.10 Å². The van der Waals surface area contributed by atoms with Crippen LogP contribution in [0.15, 0.2) is 48.6 Å². The zero-order chi connectivity index (χ0) is 46.5. The van der Waals surface area contributed by atoms with Crippen molar-refractivity contribution in [2.24, 2.45) is 0 Å². The van der Waals surface area contributed by atoms with Crippen LogP contribution in [0.2, 0.25) is 0 Å². The molecule has 372 valence electrons. The summed E-state index contributed by atoms with van der Waals surface area (Å²) in [6.07, 6.45) is 63.9. The van der Waals surface area contributed by atoms with Crippen molar-refractivity contribution >= 4 is 17.9 Å². The molecule has 0 spiro atoms. The molecule has 0 N–H and O–H groups in total. The molecule has 0 radical (unpaired) electrons. The maximum absolute atomic E-state index is 12.8. The fraction of sp³-hybridized carbons (Fsp3) is 0.810. The molecule has 0 aliphatic heterocycles. The summed E-state index contributed by atoms with van der Waals surface area (Å²) in [4.78, 5) is 38.0. The number of esters is 3. The van der Waals surface area contributed by atoms with Crippen LogP contribution in [0, 0.1) is 0 Å². The minimum atomic E-state index is -0.786. The summed E-state index contributed by atoms with van der Waals surface area (Å²) in [7, 11) is 0. The van der Waals surface area contributed by atoms with Crippen molar-refractivity contribution in [3.05, 3.63) is 48.6 Å². The van der Waals surface area contributed by atoms with E-state index in [0.29, 0.717) is 19.3 Å². The van der Waals surface area contributed by atoms with Gasteiger partial charge in [-0.1, -0.05) is 236 Å². The van der Waals surface area contributed by atoms with Gasteiger partial charge in [-0.2, -0.15) is 0 Å². The maximum atomic E-state index is 12.8. The van der Waals surface area contributed by atoms with E-state index in [1.54, 1.807) is 0 Å².